The summed E-state index contributed by atoms with van der Waals surface area (Å²) in [6.45, 7) is 6.59. The molecule has 0 bridgehead atoms. The van der Waals surface area contributed by atoms with Crippen molar-refractivity contribution in [1.29, 1.82) is 0 Å². The van der Waals surface area contributed by atoms with Gasteiger partial charge in [0.15, 0.2) is 6.10 Å². The lowest BCUT2D eigenvalue weighted by atomic mass is 9.95. The highest BCUT2D eigenvalue weighted by Gasteiger charge is 2.29. The number of nitrogens with zero attached hydrogens (tertiary/aromatic N) is 2. The molecule has 1 aliphatic rings. The molecule has 2 amide bonds. The van der Waals surface area contributed by atoms with Gasteiger partial charge in [-0.05, 0) is 52.0 Å². The van der Waals surface area contributed by atoms with Crippen molar-refractivity contribution in [3.8, 4) is 0 Å². The molecule has 2 N–H and O–H groups in total. The molecular formula is C20H26N4O4S. The van der Waals surface area contributed by atoms with E-state index in [-0.39, 0.29) is 5.91 Å². The number of hydrogen-bond donors (Lipinski definition) is 2. The molecule has 1 aliphatic carbocycles. The van der Waals surface area contributed by atoms with Gasteiger partial charge in [0.1, 0.15) is 5.00 Å². The highest BCUT2D eigenvalue weighted by molar-refractivity contribution is 7.17. The minimum Gasteiger partial charge on any atom is -0.449 e. The van der Waals surface area contributed by atoms with Gasteiger partial charge >= 0.3 is 5.97 Å². The molecule has 1 atom stereocenters. The lowest BCUT2D eigenvalue weighted by Gasteiger charge is -2.16. The Labute approximate surface area is 173 Å². The van der Waals surface area contributed by atoms with Gasteiger partial charge in [-0.3, -0.25) is 14.3 Å². The Morgan fingerprint density at radius 1 is 1.17 bits per heavy atom. The molecular weight excluding hydrogens is 392 g/mol. The quantitative estimate of drug-likeness (QED) is 0.727. The molecule has 0 aromatic carbocycles. The molecule has 2 aromatic heterocycles. The van der Waals surface area contributed by atoms with E-state index in [1.807, 2.05) is 6.92 Å². The summed E-state index contributed by atoms with van der Waals surface area (Å²) in [5, 5.41) is 10.3. The number of amides is 2. The van der Waals surface area contributed by atoms with E-state index < -0.39 is 18.0 Å². The van der Waals surface area contributed by atoms with E-state index in [1.165, 1.54) is 25.2 Å². The van der Waals surface area contributed by atoms with Crippen LogP contribution in [0.15, 0.2) is 0 Å². The van der Waals surface area contributed by atoms with E-state index in [0.29, 0.717) is 21.9 Å². The van der Waals surface area contributed by atoms with Crippen molar-refractivity contribution in [2.45, 2.75) is 59.5 Å². The average molecular weight is 419 g/mol. The van der Waals surface area contributed by atoms with Crippen LogP contribution in [0, 0.1) is 13.8 Å². The van der Waals surface area contributed by atoms with Gasteiger partial charge in [0.2, 0.25) is 5.91 Å². The van der Waals surface area contributed by atoms with Crippen LogP contribution in [0.2, 0.25) is 0 Å². The van der Waals surface area contributed by atoms with Gasteiger partial charge in [-0.25, -0.2) is 4.79 Å². The highest BCUT2D eigenvalue weighted by Crippen LogP contribution is 2.38. The van der Waals surface area contributed by atoms with Crippen LogP contribution in [0.5, 0.6) is 0 Å². The maximum atomic E-state index is 12.9. The van der Waals surface area contributed by atoms with E-state index >= 15 is 0 Å². The van der Waals surface area contributed by atoms with Crippen molar-refractivity contribution in [2.75, 3.05) is 10.6 Å². The van der Waals surface area contributed by atoms with E-state index in [9.17, 15) is 14.4 Å². The summed E-state index contributed by atoms with van der Waals surface area (Å²) in [6, 6.07) is 0. The topological polar surface area (TPSA) is 102 Å². The number of rotatable bonds is 5. The molecule has 2 aromatic rings. The minimum absolute atomic E-state index is 0.244. The average Bonchev–Trinajstić information content (AvgIpc) is 3.12. The standard InChI is InChI=1S/C20H26N4O4S/c1-10-17(11(2)24(5)23-10)22-18(26)12(3)28-20(27)16-14-8-6-7-9-15(14)29-19(16)21-13(4)25/h12H,6-9H2,1-5H3,(H,21,25)(H,22,26)/t12-/m1/s1. The minimum atomic E-state index is -0.995. The highest BCUT2D eigenvalue weighted by atomic mass is 32.1. The Balaban J connectivity index is 1.78. The third-order valence-electron chi connectivity index (χ3n) is 5.08. The SMILES string of the molecule is CC(=O)Nc1sc2c(c1C(=O)O[C@H](C)C(=O)Nc1c(C)nn(C)c1C)CCCC2. The second kappa shape index (κ2) is 8.36. The number of fused-ring (bicyclic) bond motifs is 1. The van der Waals surface area contributed by atoms with E-state index in [4.69, 9.17) is 4.74 Å². The second-order valence-corrected chi connectivity index (χ2v) is 8.41. The zero-order valence-corrected chi connectivity index (χ0v) is 18.2. The van der Waals surface area contributed by atoms with Crippen molar-refractivity contribution in [3.05, 3.63) is 27.4 Å². The van der Waals surface area contributed by atoms with Gasteiger partial charge in [-0.1, -0.05) is 0 Å². The zero-order chi connectivity index (χ0) is 21.3. The van der Waals surface area contributed by atoms with E-state index in [0.717, 1.165) is 41.8 Å². The molecule has 0 spiro atoms. The fourth-order valence-electron chi connectivity index (χ4n) is 3.48. The molecule has 0 fully saturated rings. The van der Waals surface area contributed by atoms with Crippen LogP contribution in [0.3, 0.4) is 0 Å². The number of carbonyl (C=O) groups excluding carboxylic acids is 3. The van der Waals surface area contributed by atoms with Crippen LogP contribution in [0.4, 0.5) is 10.7 Å². The normalized spacial score (nSPS) is 14.1. The number of aryl methyl sites for hydroxylation is 3. The van der Waals surface area contributed by atoms with Gasteiger partial charge in [-0.15, -0.1) is 11.3 Å². The van der Waals surface area contributed by atoms with Gasteiger partial charge < -0.3 is 15.4 Å². The molecule has 0 radical (unpaired) electrons. The largest absolute Gasteiger partial charge is 0.449 e. The van der Waals surface area contributed by atoms with E-state index in [2.05, 4.69) is 15.7 Å². The second-order valence-electron chi connectivity index (χ2n) is 7.30. The number of anilines is 2. The van der Waals surface area contributed by atoms with Gasteiger partial charge in [-0.2, -0.15) is 5.10 Å². The van der Waals surface area contributed by atoms with Gasteiger partial charge in [0.05, 0.1) is 22.6 Å². The first-order valence-corrected chi connectivity index (χ1v) is 10.4. The molecule has 8 nitrogen and oxygen atoms in total. The van der Waals surface area contributed by atoms with Gasteiger partial charge in [0, 0.05) is 18.8 Å². The first-order valence-electron chi connectivity index (χ1n) is 9.63. The van der Waals surface area contributed by atoms with Crippen LogP contribution < -0.4 is 10.6 Å². The van der Waals surface area contributed by atoms with Crippen LogP contribution >= 0.6 is 11.3 Å². The van der Waals surface area contributed by atoms with Crippen LogP contribution in [-0.2, 0) is 34.2 Å². The maximum Gasteiger partial charge on any atom is 0.342 e. The third-order valence-corrected chi connectivity index (χ3v) is 6.28. The first-order chi connectivity index (χ1) is 13.7. The number of esters is 1. The molecule has 0 unspecified atom stereocenters. The molecule has 9 heteroatoms. The van der Waals surface area contributed by atoms with Crippen molar-refractivity contribution in [1.82, 2.24) is 9.78 Å². The fraction of sp³-hybridized carbons (Fsp3) is 0.500. The molecule has 2 heterocycles. The van der Waals surface area contributed by atoms with Crippen molar-refractivity contribution >= 4 is 39.8 Å². The maximum absolute atomic E-state index is 12.9. The molecule has 3 rings (SSSR count). The fourth-order valence-corrected chi connectivity index (χ4v) is 4.81. The number of hydrogen-bond acceptors (Lipinski definition) is 6. The summed E-state index contributed by atoms with van der Waals surface area (Å²) in [5.74, 6) is -1.26. The summed E-state index contributed by atoms with van der Waals surface area (Å²) in [5.41, 5.74) is 3.44. The third kappa shape index (κ3) is 4.34. The Morgan fingerprint density at radius 2 is 1.86 bits per heavy atom. The Bertz CT molecular complexity index is 976. The van der Waals surface area contributed by atoms with Crippen LogP contribution in [0.25, 0.3) is 0 Å². The number of carbonyl (C=O) groups is 3. The van der Waals surface area contributed by atoms with Crippen molar-refractivity contribution in [2.24, 2.45) is 7.05 Å². The van der Waals surface area contributed by atoms with E-state index in [1.54, 1.807) is 18.7 Å². The molecule has 0 saturated heterocycles. The first kappa shape index (κ1) is 21.0. The molecule has 0 aliphatic heterocycles. The lowest BCUT2D eigenvalue weighted by molar-refractivity contribution is -0.123. The number of aromatic nitrogens is 2. The van der Waals surface area contributed by atoms with Crippen molar-refractivity contribution in [3.63, 3.8) is 0 Å². The molecule has 156 valence electrons. The summed E-state index contributed by atoms with van der Waals surface area (Å²) in [6.07, 6.45) is 2.70. The Morgan fingerprint density at radius 3 is 2.48 bits per heavy atom. The molecule has 0 saturated carbocycles. The summed E-state index contributed by atoms with van der Waals surface area (Å²) < 4.78 is 7.16. The number of ether oxygens (including phenoxy) is 1. The summed E-state index contributed by atoms with van der Waals surface area (Å²) in [7, 11) is 1.80. The number of thiophene rings is 1. The smallest absolute Gasteiger partial charge is 0.342 e. The lowest BCUT2D eigenvalue weighted by Crippen LogP contribution is -2.30. The summed E-state index contributed by atoms with van der Waals surface area (Å²) >= 11 is 1.42. The summed E-state index contributed by atoms with van der Waals surface area (Å²) in [4.78, 5) is 38.2. The number of nitrogens with one attached hydrogen (secondary N) is 2. The Kier molecular flexibility index (Phi) is 6.07. The van der Waals surface area contributed by atoms with Gasteiger partial charge in [0.25, 0.3) is 5.91 Å². The Hall–Kier alpha value is -2.68. The monoisotopic (exact) mass is 418 g/mol. The zero-order valence-electron chi connectivity index (χ0n) is 17.3. The predicted molar refractivity (Wildman–Crippen MR) is 111 cm³/mol. The predicted octanol–water partition coefficient (Wildman–Crippen LogP) is 3.12. The molecule has 29 heavy (non-hydrogen) atoms. The van der Waals surface area contributed by atoms with Crippen molar-refractivity contribution < 1.29 is 19.1 Å². The van der Waals surface area contributed by atoms with Crippen LogP contribution in [0.1, 0.15) is 58.9 Å². The van der Waals surface area contributed by atoms with Crippen LogP contribution in [-0.4, -0.2) is 33.7 Å².